The van der Waals surface area contributed by atoms with Crippen LogP contribution in [-0.4, -0.2) is 26.2 Å². The first-order chi connectivity index (χ1) is 14.3. The van der Waals surface area contributed by atoms with Gasteiger partial charge in [0.05, 0.1) is 17.0 Å². The summed E-state index contributed by atoms with van der Waals surface area (Å²) in [5.74, 6) is 0.170. The van der Waals surface area contributed by atoms with E-state index in [0.717, 1.165) is 34.4 Å². The van der Waals surface area contributed by atoms with Gasteiger partial charge in [-0.2, -0.15) is 0 Å². The number of sulfonamides is 1. The molecule has 0 bridgehead atoms. The monoisotopic (exact) mass is 463 g/mol. The number of aliphatic hydroxyl groups excluding tert-OH is 1. The van der Waals surface area contributed by atoms with Crippen LogP contribution in [0.2, 0.25) is 4.34 Å². The Labute approximate surface area is 187 Å². The Kier molecular flexibility index (Phi) is 7.71. The highest BCUT2D eigenvalue weighted by atomic mass is 35.5. The minimum Gasteiger partial charge on any atom is -0.395 e. The fourth-order valence-electron chi connectivity index (χ4n) is 3.54. The molecule has 4 nitrogen and oxygen atoms in total. The number of benzene rings is 2. The lowest BCUT2D eigenvalue weighted by Crippen LogP contribution is -2.42. The van der Waals surface area contributed by atoms with Crippen LogP contribution in [0, 0.1) is 5.92 Å². The standard InChI is InChI=1S/C23H26ClNO3S2/c1-16(2)14-20(19-10-8-18(9-11-19)17-6-4-3-5-7-17)21(15-26)25-30(27,28)23-13-12-22(24)29-23/h3-13,16,20-21,25-26H,14-15H2,1-2H3/t20-,21-/m1/s1. The molecule has 1 aromatic heterocycles. The third kappa shape index (κ3) is 5.71. The fraction of sp³-hybridized carbons (Fsp3) is 0.304. The number of hydrogen-bond acceptors (Lipinski definition) is 4. The SMILES string of the molecule is CC(C)C[C@H](c1ccc(-c2ccccc2)cc1)[C@@H](CO)NS(=O)(=O)c1ccc(Cl)s1. The maximum atomic E-state index is 12.8. The second-order valence-electron chi connectivity index (χ2n) is 7.69. The Balaban J connectivity index is 1.88. The smallest absolute Gasteiger partial charge is 0.250 e. The van der Waals surface area contributed by atoms with Gasteiger partial charge < -0.3 is 5.11 Å². The Hall–Kier alpha value is -1.70. The zero-order chi connectivity index (χ0) is 21.7. The van der Waals surface area contributed by atoms with E-state index in [1.807, 2.05) is 42.5 Å². The number of hydrogen-bond donors (Lipinski definition) is 2. The van der Waals surface area contributed by atoms with Crippen LogP contribution in [0.3, 0.4) is 0 Å². The van der Waals surface area contributed by atoms with E-state index in [1.54, 1.807) is 6.07 Å². The van der Waals surface area contributed by atoms with Crippen LogP contribution in [0.1, 0.15) is 31.7 Å². The normalized spacial score (nSPS) is 14.0. The highest BCUT2D eigenvalue weighted by Gasteiger charge is 2.29. The minimum atomic E-state index is -3.77. The first kappa shape index (κ1) is 23.0. The molecule has 3 rings (SSSR count). The van der Waals surface area contributed by atoms with Crippen LogP contribution in [0.5, 0.6) is 0 Å². The average Bonchev–Trinajstić information content (AvgIpc) is 3.18. The third-order valence-electron chi connectivity index (χ3n) is 4.97. The molecule has 1 heterocycles. The zero-order valence-electron chi connectivity index (χ0n) is 17.0. The summed E-state index contributed by atoms with van der Waals surface area (Å²) < 4.78 is 28.9. The number of aliphatic hydroxyl groups is 1. The molecule has 0 aliphatic rings. The molecule has 0 aliphatic heterocycles. The van der Waals surface area contributed by atoms with Crippen LogP contribution in [0.25, 0.3) is 11.1 Å². The fourth-order valence-corrected chi connectivity index (χ4v) is 6.31. The van der Waals surface area contributed by atoms with Crippen molar-refractivity contribution in [2.45, 2.75) is 36.4 Å². The van der Waals surface area contributed by atoms with Crippen molar-refractivity contribution in [1.29, 1.82) is 0 Å². The highest BCUT2D eigenvalue weighted by molar-refractivity contribution is 7.91. The molecule has 0 fully saturated rings. The van der Waals surface area contributed by atoms with Crippen molar-refractivity contribution >= 4 is 33.0 Å². The lowest BCUT2D eigenvalue weighted by molar-refractivity contribution is 0.229. The van der Waals surface area contributed by atoms with Crippen molar-refractivity contribution in [3.05, 3.63) is 76.6 Å². The van der Waals surface area contributed by atoms with E-state index in [0.29, 0.717) is 10.3 Å². The summed E-state index contributed by atoms with van der Waals surface area (Å²) in [5, 5.41) is 10.1. The van der Waals surface area contributed by atoms with Gasteiger partial charge in [-0.1, -0.05) is 80.0 Å². The van der Waals surface area contributed by atoms with Crippen LogP contribution < -0.4 is 4.72 Å². The molecule has 2 aromatic carbocycles. The van der Waals surface area contributed by atoms with E-state index < -0.39 is 16.1 Å². The molecule has 7 heteroatoms. The zero-order valence-corrected chi connectivity index (χ0v) is 19.3. The van der Waals surface area contributed by atoms with Gasteiger partial charge in [0.1, 0.15) is 4.21 Å². The number of nitrogens with one attached hydrogen (secondary N) is 1. The van der Waals surface area contributed by atoms with Gasteiger partial charge in [0.2, 0.25) is 10.0 Å². The summed E-state index contributed by atoms with van der Waals surface area (Å²) in [6, 6.07) is 20.6. The molecular weight excluding hydrogens is 438 g/mol. The molecule has 0 unspecified atom stereocenters. The predicted molar refractivity (Wildman–Crippen MR) is 125 cm³/mol. The molecule has 2 atom stereocenters. The van der Waals surface area contributed by atoms with Crippen LogP contribution in [-0.2, 0) is 10.0 Å². The third-order valence-corrected chi connectivity index (χ3v) is 8.19. The number of halogens is 1. The maximum absolute atomic E-state index is 12.8. The molecule has 0 saturated heterocycles. The number of thiophene rings is 1. The van der Waals surface area contributed by atoms with Gasteiger partial charge in [-0.3, -0.25) is 0 Å². The highest BCUT2D eigenvalue weighted by Crippen LogP contribution is 2.31. The Bertz CT molecular complexity index is 1050. The van der Waals surface area contributed by atoms with Crippen LogP contribution >= 0.6 is 22.9 Å². The molecular formula is C23H26ClNO3S2. The van der Waals surface area contributed by atoms with Crippen molar-refractivity contribution in [1.82, 2.24) is 4.72 Å². The lowest BCUT2D eigenvalue weighted by Gasteiger charge is -2.28. The van der Waals surface area contributed by atoms with E-state index >= 15 is 0 Å². The van der Waals surface area contributed by atoms with Crippen molar-refractivity contribution in [2.24, 2.45) is 5.92 Å². The van der Waals surface area contributed by atoms with E-state index in [4.69, 9.17) is 11.6 Å². The molecule has 0 spiro atoms. The quantitative estimate of drug-likeness (QED) is 0.438. The summed E-state index contributed by atoms with van der Waals surface area (Å²) in [5.41, 5.74) is 3.21. The van der Waals surface area contributed by atoms with Crippen LogP contribution in [0.15, 0.2) is 70.9 Å². The second-order valence-corrected chi connectivity index (χ2v) is 11.3. The Morgan fingerprint density at radius 1 is 0.967 bits per heavy atom. The largest absolute Gasteiger partial charge is 0.395 e. The summed E-state index contributed by atoms with van der Waals surface area (Å²) >= 11 is 6.91. The van der Waals surface area contributed by atoms with E-state index in [2.05, 4.69) is 30.7 Å². The Morgan fingerprint density at radius 3 is 2.13 bits per heavy atom. The van der Waals surface area contributed by atoms with Gasteiger partial charge in [-0.05, 0) is 41.2 Å². The second kappa shape index (κ2) is 10.1. The topological polar surface area (TPSA) is 66.4 Å². The molecule has 30 heavy (non-hydrogen) atoms. The summed E-state index contributed by atoms with van der Waals surface area (Å²) in [4.78, 5) is 0. The lowest BCUT2D eigenvalue weighted by atomic mass is 9.84. The molecule has 0 radical (unpaired) electrons. The van der Waals surface area contributed by atoms with Gasteiger partial charge in [0, 0.05) is 5.92 Å². The molecule has 160 valence electrons. The van der Waals surface area contributed by atoms with Crippen molar-refractivity contribution in [3.63, 3.8) is 0 Å². The number of rotatable bonds is 9. The first-order valence-corrected chi connectivity index (χ1v) is 12.5. The van der Waals surface area contributed by atoms with Gasteiger partial charge in [0.25, 0.3) is 0 Å². The van der Waals surface area contributed by atoms with Gasteiger partial charge in [-0.15, -0.1) is 11.3 Å². The first-order valence-electron chi connectivity index (χ1n) is 9.84. The molecule has 0 saturated carbocycles. The summed E-state index contributed by atoms with van der Waals surface area (Å²) in [7, 11) is -3.77. The van der Waals surface area contributed by atoms with E-state index in [9.17, 15) is 13.5 Å². The van der Waals surface area contributed by atoms with Crippen molar-refractivity contribution in [2.75, 3.05) is 6.61 Å². The average molecular weight is 464 g/mol. The summed E-state index contributed by atoms with van der Waals surface area (Å²) in [6.07, 6.45) is 0.740. The van der Waals surface area contributed by atoms with Crippen molar-refractivity contribution in [3.8, 4) is 11.1 Å². The molecule has 2 N–H and O–H groups in total. The van der Waals surface area contributed by atoms with E-state index in [1.165, 1.54) is 6.07 Å². The van der Waals surface area contributed by atoms with Crippen molar-refractivity contribution < 1.29 is 13.5 Å². The van der Waals surface area contributed by atoms with Gasteiger partial charge in [0.15, 0.2) is 0 Å². The van der Waals surface area contributed by atoms with Gasteiger partial charge >= 0.3 is 0 Å². The summed E-state index contributed by atoms with van der Waals surface area (Å²) in [6.45, 7) is 3.89. The molecule has 3 aromatic rings. The molecule has 0 aliphatic carbocycles. The Morgan fingerprint density at radius 2 is 1.60 bits per heavy atom. The van der Waals surface area contributed by atoms with Gasteiger partial charge in [-0.25, -0.2) is 13.1 Å². The van der Waals surface area contributed by atoms with E-state index in [-0.39, 0.29) is 16.7 Å². The maximum Gasteiger partial charge on any atom is 0.250 e. The van der Waals surface area contributed by atoms with Crippen LogP contribution in [0.4, 0.5) is 0 Å². The molecule has 0 amide bonds. The predicted octanol–water partition coefficient (Wildman–Crippen LogP) is 5.54. The minimum absolute atomic E-state index is 0.147.